The molecule has 0 amide bonds. The first-order valence-electron chi connectivity index (χ1n) is 19.2. The third-order valence-electron chi connectivity index (χ3n) is 12.2. The van der Waals surface area contributed by atoms with Crippen molar-refractivity contribution in [3.8, 4) is 12.3 Å². The molecule has 3 fully saturated rings. The van der Waals surface area contributed by atoms with Gasteiger partial charge < -0.3 is 33.3 Å². The summed E-state index contributed by atoms with van der Waals surface area (Å²) in [6.07, 6.45) is 16.4. The van der Waals surface area contributed by atoms with Crippen molar-refractivity contribution >= 4 is 10.4 Å². The fourth-order valence-corrected chi connectivity index (χ4v) is 10.3. The van der Waals surface area contributed by atoms with E-state index >= 15 is 0 Å². The zero-order valence-electron chi connectivity index (χ0n) is 31.3. The molecule has 0 aliphatic heterocycles. The molecule has 0 heterocycles. The van der Waals surface area contributed by atoms with E-state index in [9.17, 15) is 13.0 Å². The molecule has 0 aromatic carbocycles. The molecule has 4 aliphatic rings. The third kappa shape index (κ3) is 13.0. The smallest absolute Gasteiger partial charge is 0.378 e. The molecule has 4 aliphatic carbocycles. The van der Waals surface area contributed by atoms with Gasteiger partial charge in [0.2, 0.25) is 0 Å². The van der Waals surface area contributed by atoms with E-state index in [0.717, 1.165) is 25.2 Å². The lowest BCUT2D eigenvalue weighted by Gasteiger charge is -2.58. The van der Waals surface area contributed by atoms with Crippen molar-refractivity contribution in [2.75, 3.05) is 92.4 Å². The summed E-state index contributed by atoms with van der Waals surface area (Å²) >= 11 is 0. The molecular weight excluding hydrogens is 678 g/mol. The minimum absolute atomic E-state index is 0.103. The summed E-state index contributed by atoms with van der Waals surface area (Å²) in [5.41, 5.74) is 4.86. The van der Waals surface area contributed by atoms with Crippen LogP contribution in [-0.2, 0) is 47.8 Å². The molecule has 4 rings (SSSR count). The highest BCUT2D eigenvalue weighted by atomic mass is 32.3. The van der Waals surface area contributed by atoms with Crippen LogP contribution < -0.4 is 5.48 Å². The van der Waals surface area contributed by atoms with Crippen molar-refractivity contribution in [3.63, 3.8) is 0 Å². The van der Waals surface area contributed by atoms with Crippen LogP contribution in [0.4, 0.5) is 0 Å². The number of hydrogen-bond donors (Lipinski definition) is 2. The summed E-state index contributed by atoms with van der Waals surface area (Å²) in [5, 5.41) is 0. The highest BCUT2D eigenvalue weighted by molar-refractivity contribution is 7.80. The van der Waals surface area contributed by atoms with Crippen LogP contribution in [0.1, 0.15) is 78.6 Å². The molecule has 0 unspecified atom stereocenters. The molecule has 0 saturated heterocycles. The Kier molecular flexibility index (Phi) is 18.1. The number of rotatable bonds is 26. The van der Waals surface area contributed by atoms with E-state index in [0.29, 0.717) is 134 Å². The van der Waals surface area contributed by atoms with Gasteiger partial charge in [-0.1, -0.05) is 38.3 Å². The Hall–Kier alpha value is -1.15. The van der Waals surface area contributed by atoms with Gasteiger partial charge in [-0.3, -0.25) is 4.55 Å². The molecule has 8 atom stereocenters. The van der Waals surface area contributed by atoms with Crippen molar-refractivity contribution in [1.82, 2.24) is 5.48 Å². The molecule has 0 aromatic heterocycles. The van der Waals surface area contributed by atoms with Crippen LogP contribution in [-0.4, -0.2) is 112 Å². The largest absolute Gasteiger partial charge is 0.397 e. The third-order valence-corrected chi connectivity index (χ3v) is 12.8. The minimum atomic E-state index is -4.43. The lowest BCUT2D eigenvalue weighted by molar-refractivity contribution is -0.0592. The Balaban J connectivity index is 0.987. The van der Waals surface area contributed by atoms with Gasteiger partial charge in [0.05, 0.1) is 85.4 Å². The van der Waals surface area contributed by atoms with Crippen molar-refractivity contribution in [3.05, 3.63) is 11.6 Å². The van der Waals surface area contributed by atoms with E-state index < -0.39 is 16.5 Å². The maximum atomic E-state index is 11.3. The molecule has 13 heteroatoms. The Morgan fingerprint density at radius 1 is 0.843 bits per heavy atom. The predicted octanol–water partition coefficient (Wildman–Crippen LogP) is 5.03. The van der Waals surface area contributed by atoms with Crippen molar-refractivity contribution in [1.29, 1.82) is 0 Å². The van der Waals surface area contributed by atoms with Crippen LogP contribution in [0, 0.1) is 52.8 Å². The molecule has 3 saturated carbocycles. The Morgan fingerprint density at radius 2 is 1.45 bits per heavy atom. The van der Waals surface area contributed by atoms with E-state index in [4.69, 9.17) is 43.9 Å². The summed E-state index contributed by atoms with van der Waals surface area (Å²) in [6.45, 7) is 14.7. The molecule has 0 bridgehead atoms. The molecular formula is C38H65NO11S. The molecule has 0 spiro atoms. The van der Waals surface area contributed by atoms with Gasteiger partial charge in [0.25, 0.3) is 0 Å². The van der Waals surface area contributed by atoms with Crippen LogP contribution in [0.3, 0.4) is 0 Å². The highest BCUT2D eigenvalue weighted by Gasteiger charge is 2.59. The lowest BCUT2D eigenvalue weighted by Crippen LogP contribution is -2.51. The number of terminal acetylenes is 1. The van der Waals surface area contributed by atoms with Gasteiger partial charge in [0, 0.05) is 6.54 Å². The predicted molar refractivity (Wildman–Crippen MR) is 193 cm³/mol. The van der Waals surface area contributed by atoms with Gasteiger partial charge in [0.1, 0.15) is 6.61 Å². The minimum Gasteiger partial charge on any atom is -0.378 e. The second-order valence-electron chi connectivity index (χ2n) is 15.2. The van der Waals surface area contributed by atoms with E-state index in [1.807, 2.05) is 0 Å². The van der Waals surface area contributed by atoms with Crippen LogP contribution in [0.15, 0.2) is 11.6 Å². The van der Waals surface area contributed by atoms with Crippen LogP contribution in [0.5, 0.6) is 0 Å². The summed E-state index contributed by atoms with van der Waals surface area (Å²) in [6, 6.07) is 0. The Morgan fingerprint density at radius 3 is 2.06 bits per heavy atom. The molecule has 51 heavy (non-hydrogen) atoms. The number of nitrogens with one attached hydrogen (secondary N) is 1. The van der Waals surface area contributed by atoms with E-state index in [1.54, 1.807) is 0 Å². The Labute approximate surface area is 307 Å². The monoisotopic (exact) mass is 743 g/mol. The van der Waals surface area contributed by atoms with Crippen molar-refractivity contribution < 1.29 is 50.4 Å². The van der Waals surface area contributed by atoms with Gasteiger partial charge >= 0.3 is 10.4 Å². The maximum absolute atomic E-state index is 11.3. The van der Waals surface area contributed by atoms with Crippen LogP contribution >= 0.6 is 0 Å². The fourth-order valence-electron chi connectivity index (χ4n) is 9.79. The Bertz CT molecular complexity index is 1190. The molecule has 0 aromatic rings. The number of ether oxygens (including phenoxy) is 6. The standard InChI is InChI=1S/C38H65NO11S/c1-5-16-43-19-21-45-23-25-47-27-28-48-26-24-46-22-20-44-18-15-39-49-17-12-30(2)34-8-9-35-33-7-6-31-29-32(50-51(40,41)42)10-13-37(31,3)36(33)11-14-38(34,35)4/h1,6,30,32-36,39H,7-29H2,2-4H3,(H,40,41,42)/t30-,32+,33+,34-,35+,36+,37+,38-/m1/s1. The van der Waals surface area contributed by atoms with Crippen LogP contribution in [0.25, 0.3) is 0 Å². The number of fused-ring (bicyclic) bond motifs is 5. The van der Waals surface area contributed by atoms with E-state index in [2.05, 4.69) is 38.2 Å². The van der Waals surface area contributed by atoms with Gasteiger partial charge in [-0.05, 0) is 98.2 Å². The average Bonchev–Trinajstić information content (AvgIpc) is 3.45. The number of allylic oxidation sites excluding steroid dienone is 1. The first-order valence-corrected chi connectivity index (χ1v) is 20.5. The summed E-state index contributed by atoms with van der Waals surface area (Å²) in [4.78, 5) is 5.79. The van der Waals surface area contributed by atoms with Crippen molar-refractivity contribution in [2.45, 2.75) is 84.7 Å². The van der Waals surface area contributed by atoms with E-state index in [1.165, 1.54) is 31.3 Å². The number of hydroxylamine groups is 1. The molecule has 294 valence electrons. The summed E-state index contributed by atoms with van der Waals surface area (Å²) < 4.78 is 69.5. The van der Waals surface area contributed by atoms with Gasteiger partial charge in [-0.15, -0.1) is 6.42 Å². The SMILES string of the molecule is C#CCOCCOCCOCCOCCOCCOCCNOCC[C@@H](C)[C@H]1CC[C@H]2[C@@H]3CC=C4C[C@@H](OS(=O)(=O)O)CC[C@]4(C)[C@H]3CC[C@]12C. The highest BCUT2D eigenvalue weighted by Crippen LogP contribution is 2.67. The molecule has 2 N–H and O–H groups in total. The van der Waals surface area contributed by atoms with Crippen molar-refractivity contribution in [2.24, 2.45) is 40.4 Å². The van der Waals surface area contributed by atoms with Gasteiger partial charge in [0.15, 0.2) is 0 Å². The number of hydrogen-bond acceptors (Lipinski definition) is 11. The first-order chi connectivity index (χ1) is 24.6. The van der Waals surface area contributed by atoms with Gasteiger partial charge in [-0.2, -0.15) is 8.42 Å². The quantitative estimate of drug-likeness (QED) is 0.0404. The fraction of sp³-hybridized carbons (Fsp3) is 0.895. The molecule has 12 nitrogen and oxygen atoms in total. The van der Waals surface area contributed by atoms with E-state index in [-0.39, 0.29) is 5.41 Å². The zero-order chi connectivity index (χ0) is 36.6. The second kappa shape index (κ2) is 21.7. The maximum Gasteiger partial charge on any atom is 0.397 e. The topological polar surface area (TPSA) is 140 Å². The first kappa shape index (κ1) is 42.6. The second-order valence-corrected chi connectivity index (χ2v) is 16.3. The zero-order valence-corrected chi connectivity index (χ0v) is 32.1. The lowest BCUT2D eigenvalue weighted by atomic mass is 9.47. The van der Waals surface area contributed by atoms with Gasteiger partial charge in [-0.25, -0.2) is 9.66 Å². The average molecular weight is 744 g/mol. The summed E-state index contributed by atoms with van der Waals surface area (Å²) in [5.74, 6) is 5.75. The normalized spacial score (nSPS) is 31.0. The summed E-state index contributed by atoms with van der Waals surface area (Å²) in [7, 11) is -4.43. The molecule has 0 radical (unpaired) electrons. The van der Waals surface area contributed by atoms with Crippen LogP contribution in [0.2, 0.25) is 0 Å².